The fourth-order valence-electron chi connectivity index (χ4n) is 7.21. The number of hydrogen-bond acceptors (Lipinski definition) is 1. The van der Waals surface area contributed by atoms with E-state index in [-0.39, 0.29) is 0 Å². The van der Waals surface area contributed by atoms with E-state index in [0.717, 1.165) is 0 Å². The molecule has 0 aromatic rings. The molecular formula is C40H87NSi2. The topological polar surface area (TPSA) is 3.24 Å². The van der Waals surface area contributed by atoms with Gasteiger partial charge in [0.15, 0.2) is 0 Å². The van der Waals surface area contributed by atoms with Crippen LogP contribution in [0.1, 0.15) is 219 Å². The molecule has 0 atom stereocenters. The molecule has 0 aromatic heterocycles. The van der Waals surface area contributed by atoms with Gasteiger partial charge in [-0.25, -0.2) is 0 Å². The maximum absolute atomic E-state index is 2.98. The van der Waals surface area contributed by atoms with Crippen LogP contribution in [0.4, 0.5) is 0 Å². The van der Waals surface area contributed by atoms with Gasteiger partial charge in [0.25, 0.3) is 0 Å². The molecule has 0 fully saturated rings. The van der Waals surface area contributed by atoms with Gasteiger partial charge in [0.05, 0.1) is 8.96 Å². The van der Waals surface area contributed by atoms with Crippen LogP contribution in [0.3, 0.4) is 0 Å². The smallest absolute Gasteiger partial charge is 0.118 e. The number of nitrogens with zero attached hydrogens (tertiary/aromatic N) is 1. The highest BCUT2D eigenvalue weighted by Crippen LogP contribution is 2.27. The van der Waals surface area contributed by atoms with Crippen molar-refractivity contribution in [3.8, 4) is 0 Å². The lowest BCUT2D eigenvalue weighted by Crippen LogP contribution is -2.53. The van der Waals surface area contributed by atoms with Gasteiger partial charge < -0.3 is 4.23 Å². The first kappa shape index (κ1) is 43.4. The fourth-order valence-corrected chi connectivity index (χ4v) is 15.9. The monoisotopic (exact) mass is 638 g/mol. The first-order valence-electron chi connectivity index (χ1n) is 20.7. The molecule has 0 heterocycles. The average Bonchev–Trinajstić information content (AvgIpc) is 3.00. The third-order valence-corrected chi connectivity index (χ3v) is 20.3. The van der Waals surface area contributed by atoms with E-state index in [4.69, 9.17) is 0 Å². The van der Waals surface area contributed by atoms with Crippen molar-refractivity contribution in [1.29, 1.82) is 0 Å². The molecule has 0 aromatic carbocycles. The van der Waals surface area contributed by atoms with Crippen LogP contribution < -0.4 is 0 Å². The number of rotatable bonds is 36. The summed E-state index contributed by atoms with van der Waals surface area (Å²) in [6.45, 7) is 12.5. The fraction of sp³-hybridized carbons (Fsp3) is 1.00. The summed E-state index contributed by atoms with van der Waals surface area (Å²) in [6, 6.07) is 3.12. The summed E-state index contributed by atoms with van der Waals surface area (Å²) in [5.41, 5.74) is 0. The molecule has 0 unspecified atom stereocenters. The third-order valence-electron chi connectivity index (χ3n) is 10.8. The molecule has 0 N–H and O–H groups in total. The van der Waals surface area contributed by atoms with E-state index in [1.807, 2.05) is 0 Å². The average molecular weight is 638 g/mol. The van der Waals surface area contributed by atoms with E-state index >= 15 is 0 Å². The standard InChI is InChI=1S/C40H87NSi2/c1-7-9-11-13-15-17-19-21-23-25-27-29-31-33-35-37-39-43(6,41(3)42(4)5)40-38-36-34-32-30-28-26-24-22-20-18-16-14-12-10-8-2/h42H,7-40H2,1-6H3. The Morgan fingerprint density at radius 1 is 0.349 bits per heavy atom. The maximum Gasteiger partial charge on any atom is 0.118 e. The molecule has 43 heavy (non-hydrogen) atoms. The predicted octanol–water partition coefficient (Wildman–Crippen LogP) is 15.0. The van der Waals surface area contributed by atoms with E-state index < -0.39 is 17.2 Å². The normalized spacial score (nSPS) is 12.3. The maximum atomic E-state index is 2.98. The lowest BCUT2D eigenvalue weighted by molar-refractivity contribution is 0.529. The molecule has 0 aliphatic rings. The SMILES string of the molecule is CCCCCCCCCCCCCCCCCC[Si](C)(CCCCCCCCCCCCCCCCCC)N(C)[SiH](C)C. The third kappa shape index (κ3) is 29.5. The lowest BCUT2D eigenvalue weighted by Gasteiger charge is -2.40. The minimum Gasteiger partial charge on any atom is -0.351 e. The minimum absolute atomic E-state index is 0.687. The van der Waals surface area contributed by atoms with Crippen LogP contribution in [0.15, 0.2) is 0 Å². The number of hydrogen-bond donors (Lipinski definition) is 0. The molecule has 260 valence electrons. The molecule has 0 radical (unpaired) electrons. The van der Waals surface area contributed by atoms with Gasteiger partial charge in [0.2, 0.25) is 0 Å². The lowest BCUT2D eigenvalue weighted by atomic mass is 10.0. The predicted molar refractivity (Wildman–Crippen MR) is 207 cm³/mol. The van der Waals surface area contributed by atoms with E-state index in [9.17, 15) is 0 Å². The van der Waals surface area contributed by atoms with Crippen molar-refractivity contribution in [2.45, 2.75) is 251 Å². The van der Waals surface area contributed by atoms with Crippen LogP contribution in [0.25, 0.3) is 0 Å². The van der Waals surface area contributed by atoms with Gasteiger partial charge in [0, 0.05) is 0 Å². The molecule has 0 saturated heterocycles. The summed E-state index contributed by atoms with van der Waals surface area (Å²) < 4.78 is 2.98. The van der Waals surface area contributed by atoms with Crippen molar-refractivity contribution in [2.24, 2.45) is 0 Å². The zero-order valence-electron chi connectivity index (χ0n) is 31.6. The molecule has 0 spiro atoms. The van der Waals surface area contributed by atoms with Crippen LogP contribution in [-0.4, -0.2) is 28.5 Å². The molecule has 0 amide bonds. The Labute approximate surface area is 278 Å². The van der Waals surface area contributed by atoms with Gasteiger partial charge in [-0.1, -0.05) is 239 Å². The van der Waals surface area contributed by atoms with Crippen molar-refractivity contribution < 1.29 is 0 Å². The van der Waals surface area contributed by atoms with Gasteiger partial charge in [-0.3, -0.25) is 0 Å². The van der Waals surface area contributed by atoms with Gasteiger partial charge in [-0.15, -0.1) is 0 Å². The van der Waals surface area contributed by atoms with Crippen molar-refractivity contribution in [1.82, 2.24) is 4.23 Å². The Kier molecular flexibility index (Phi) is 34.1. The van der Waals surface area contributed by atoms with Crippen molar-refractivity contribution in [3.05, 3.63) is 0 Å². The first-order valence-corrected chi connectivity index (χ1v) is 26.4. The summed E-state index contributed by atoms with van der Waals surface area (Å²) in [4.78, 5) is 0. The molecule has 0 rings (SSSR count). The largest absolute Gasteiger partial charge is 0.351 e. The Hall–Kier alpha value is 0.394. The number of unbranched alkanes of at least 4 members (excludes halogenated alkanes) is 30. The zero-order chi connectivity index (χ0) is 31.7. The molecule has 3 heteroatoms. The summed E-state index contributed by atoms with van der Waals surface area (Å²) in [5.74, 6) is 0. The van der Waals surface area contributed by atoms with Gasteiger partial charge in [0.1, 0.15) is 8.24 Å². The first-order chi connectivity index (χ1) is 21.0. The van der Waals surface area contributed by atoms with E-state index in [2.05, 4.69) is 44.8 Å². The highest BCUT2D eigenvalue weighted by Gasteiger charge is 2.32. The highest BCUT2D eigenvalue weighted by molar-refractivity contribution is 6.84. The molecular weight excluding hydrogens is 551 g/mol. The van der Waals surface area contributed by atoms with Gasteiger partial charge in [-0.05, 0) is 19.1 Å². The van der Waals surface area contributed by atoms with Crippen LogP contribution >= 0.6 is 0 Å². The molecule has 0 aliphatic carbocycles. The second-order valence-corrected chi connectivity index (χ2v) is 23.5. The quantitative estimate of drug-likeness (QED) is 0.0488. The summed E-state index contributed by atoms with van der Waals surface area (Å²) in [5, 5.41) is 0. The Morgan fingerprint density at radius 2 is 0.535 bits per heavy atom. The molecule has 0 aliphatic heterocycles. The zero-order valence-corrected chi connectivity index (χ0v) is 33.7. The van der Waals surface area contributed by atoms with Crippen LogP contribution in [-0.2, 0) is 0 Å². The van der Waals surface area contributed by atoms with Crippen molar-refractivity contribution in [2.75, 3.05) is 7.05 Å². The summed E-state index contributed by atoms with van der Waals surface area (Å²) >= 11 is 0. The van der Waals surface area contributed by atoms with E-state index in [1.165, 1.54) is 205 Å². The Balaban J connectivity index is 3.73. The summed E-state index contributed by atoms with van der Waals surface area (Å²) in [7, 11) is 0.594. The summed E-state index contributed by atoms with van der Waals surface area (Å²) in [6.07, 6.45) is 47.3. The van der Waals surface area contributed by atoms with Crippen LogP contribution in [0.2, 0.25) is 31.7 Å². The minimum atomic E-state index is -1.24. The van der Waals surface area contributed by atoms with Gasteiger partial charge >= 0.3 is 0 Å². The Morgan fingerprint density at radius 3 is 0.721 bits per heavy atom. The Bertz CT molecular complexity index is 487. The van der Waals surface area contributed by atoms with Crippen LogP contribution in [0, 0.1) is 0 Å². The molecule has 1 nitrogen and oxygen atoms in total. The highest BCUT2D eigenvalue weighted by atomic mass is 28.4. The van der Waals surface area contributed by atoms with Crippen molar-refractivity contribution >= 4 is 17.2 Å². The molecule has 0 bridgehead atoms. The van der Waals surface area contributed by atoms with E-state index in [0.29, 0.717) is 0 Å². The van der Waals surface area contributed by atoms with Gasteiger partial charge in [-0.2, -0.15) is 0 Å². The molecule has 0 saturated carbocycles. The van der Waals surface area contributed by atoms with Crippen LogP contribution in [0.5, 0.6) is 0 Å². The van der Waals surface area contributed by atoms with Crippen molar-refractivity contribution in [3.63, 3.8) is 0 Å². The van der Waals surface area contributed by atoms with E-state index in [1.54, 1.807) is 12.1 Å². The second kappa shape index (κ2) is 33.7. The second-order valence-electron chi connectivity index (χ2n) is 15.3.